The second kappa shape index (κ2) is 8.14. The predicted molar refractivity (Wildman–Crippen MR) is 105 cm³/mol. The van der Waals surface area contributed by atoms with Gasteiger partial charge in [0.1, 0.15) is 24.0 Å². The van der Waals surface area contributed by atoms with Crippen LogP contribution in [0.3, 0.4) is 0 Å². The van der Waals surface area contributed by atoms with Gasteiger partial charge in [0.15, 0.2) is 0 Å². The van der Waals surface area contributed by atoms with Crippen molar-refractivity contribution >= 4 is 5.84 Å². The number of ether oxygens (including phenoxy) is 1. The lowest BCUT2D eigenvalue weighted by Crippen LogP contribution is -2.25. The van der Waals surface area contributed by atoms with E-state index < -0.39 is 17.6 Å². The first-order chi connectivity index (χ1) is 14.4. The third-order valence-corrected chi connectivity index (χ3v) is 4.66. The maximum atomic E-state index is 13.9. The number of fused-ring (bicyclic) bond motifs is 1. The third kappa shape index (κ3) is 4.27. The van der Waals surface area contributed by atoms with Gasteiger partial charge in [-0.15, -0.1) is 0 Å². The number of nitrogens with one attached hydrogen (secondary N) is 1. The molecule has 1 aliphatic rings. The first-order valence-corrected chi connectivity index (χ1v) is 9.24. The zero-order valence-corrected chi connectivity index (χ0v) is 15.7. The molecule has 0 aliphatic carbocycles. The average molecular weight is 415 g/mol. The van der Waals surface area contributed by atoms with Gasteiger partial charge >= 0.3 is 6.18 Å². The van der Waals surface area contributed by atoms with E-state index in [2.05, 4.69) is 15.3 Å². The van der Waals surface area contributed by atoms with Crippen LogP contribution in [0.1, 0.15) is 16.8 Å². The molecule has 2 aromatic carbocycles. The summed E-state index contributed by atoms with van der Waals surface area (Å²) in [6.07, 6.45) is -2.88. The van der Waals surface area contributed by atoms with Gasteiger partial charge in [-0.2, -0.15) is 13.2 Å². The van der Waals surface area contributed by atoms with Crippen molar-refractivity contribution in [2.24, 2.45) is 4.99 Å². The average Bonchev–Trinajstić information content (AvgIpc) is 2.94. The first-order valence-electron chi connectivity index (χ1n) is 9.24. The molecule has 8 heteroatoms. The zero-order chi connectivity index (χ0) is 21.1. The van der Waals surface area contributed by atoms with E-state index in [1.807, 2.05) is 0 Å². The van der Waals surface area contributed by atoms with Crippen molar-refractivity contribution in [1.82, 2.24) is 10.3 Å². The molecule has 0 unspecified atom stereocenters. The van der Waals surface area contributed by atoms with Gasteiger partial charge in [-0.05, 0) is 47.5 Å². The summed E-state index contributed by atoms with van der Waals surface area (Å²) < 4.78 is 58.1. The Morgan fingerprint density at radius 2 is 1.77 bits per heavy atom. The maximum Gasteiger partial charge on any atom is 0.416 e. The second-order valence-electron chi connectivity index (χ2n) is 6.65. The Bertz CT molecular complexity index is 1080. The highest BCUT2D eigenvalue weighted by Gasteiger charge is 2.30. The zero-order valence-electron chi connectivity index (χ0n) is 15.7. The van der Waals surface area contributed by atoms with Crippen LogP contribution in [0.4, 0.5) is 17.6 Å². The van der Waals surface area contributed by atoms with Crippen molar-refractivity contribution in [1.29, 1.82) is 0 Å². The highest BCUT2D eigenvalue weighted by atomic mass is 19.4. The molecule has 0 saturated carbocycles. The number of benzene rings is 2. The van der Waals surface area contributed by atoms with Gasteiger partial charge in [0.2, 0.25) is 0 Å². The van der Waals surface area contributed by atoms with Gasteiger partial charge in [0.25, 0.3) is 0 Å². The summed E-state index contributed by atoms with van der Waals surface area (Å²) in [4.78, 5) is 8.49. The number of aromatic nitrogens is 1. The number of amidine groups is 1. The van der Waals surface area contributed by atoms with Crippen LogP contribution in [0.15, 0.2) is 65.8 Å². The van der Waals surface area contributed by atoms with Gasteiger partial charge in [0, 0.05) is 6.20 Å². The quantitative estimate of drug-likeness (QED) is 0.623. The van der Waals surface area contributed by atoms with Crippen LogP contribution in [0, 0.1) is 5.82 Å². The number of hydrogen-bond donors (Lipinski definition) is 1. The fourth-order valence-electron chi connectivity index (χ4n) is 3.14. The molecule has 0 atom stereocenters. The van der Waals surface area contributed by atoms with Crippen molar-refractivity contribution in [3.05, 3.63) is 83.4 Å². The molecule has 0 radical (unpaired) electrons. The number of pyridine rings is 1. The number of halogens is 4. The van der Waals surface area contributed by atoms with Gasteiger partial charge in [-0.25, -0.2) is 4.39 Å². The maximum absolute atomic E-state index is 13.9. The van der Waals surface area contributed by atoms with Crippen molar-refractivity contribution in [2.75, 3.05) is 13.2 Å². The van der Waals surface area contributed by atoms with E-state index in [1.165, 1.54) is 30.5 Å². The lowest BCUT2D eigenvalue weighted by molar-refractivity contribution is -0.137. The molecule has 1 aliphatic heterocycles. The lowest BCUT2D eigenvalue weighted by atomic mass is 10.0. The molecule has 30 heavy (non-hydrogen) atoms. The van der Waals surface area contributed by atoms with Gasteiger partial charge in [0.05, 0.1) is 29.9 Å². The molecule has 1 aromatic heterocycles. The van der Waals surface area contributed by atoms with Crippen LogP contribution in [0.5, 0.6) is 5.75 Å². The van der Waals surface area contributed by atoms with Crippen molar-refractivity contribution in [2.45, 2.75) is 12.7 Å². The van der Waals surface area contributed by atoms with E-state index in [0.29, 0.717) is 41.4 Å². The molecule has 0 fully saturated rings. The molecule has 3 aromatic rings. The van der Waals surface area contributed by atoms with Crippen LogP contribution >= 0.6 is 0 Å². The lowest BCUT2D eigenvalue weighted by Gasteiger charge is -2.14. The molecule has 4 nitrogen and oxygen atoms in total. The van der Waals surface area contributed by atoms with Crippen LogP contribution in [-0.2, 0) is 12.7 Å². The van der Waals surface area contributed by atoms with Crippen LogP contribution in [0.25, 0.3) is 11.1 Å². The van der Waals surface area contributed by atoms with Crippen LogP contribution in [0.2, 0.25) is 0 Å². The van der Waals surface area contributed by atoms with E-state index >= 15 is 0 Å². The van der Waals surface area contributed by atoms with Gasteiger partial charge < -0.3 is 10.1 Å². The summed E-state index contributed by atoms with van der Waals surface area (Å²) >= 11 is 0. The van der Waals surface area contributed by atoms with E-state index in [0.717, 1.165) is 12.1 Å². The van der Waals surface area contributed by atoms with E-state index in [-0.39, 0.29) is 12.2 Å². The summed E-state index contributed by atoms with van der Waals surface area (Å²) in [6.45, 7) is 0.933. The van der Waals surface area contributed by atoms with E-state index in [1.54, 1.807) is 18.2 Å². The Labute approximate surface area is 170 Å². The fourth-order valence-corrected chi connectivity index (χ4v) is 3.14. The number of hydrogen-bond acceptors (Lipinski definition) is 4. The fraction of sp³-hybridized carbons (Fsp3) is 0.182. The predicted octanol–water partition coefficient (Wildman–Crippen LogP) is 4.84. The topological polar surface area (TPSA) is 46.5 Å². The SMILES string of the molecule is Fc1cccnc1CNC1=NCCOc2ccc(-c3ccc(C(F)(F)F)cc3)cc21. The summed E-state index contributed by atoms with van der Waals surface area (Å²) in [5.74, 6) is 0.686. The van der Waals surface area contributed by atoms with Crippen LogP contribution in [-0.4, -0.2) is 24.0 Å². The van der Waals surface area contributed by atoms with Crippen LogP contribution < -0.4 is 10.1 Å². The molecule has 0 saturated heterocycles. The summed E-state index contributed by atoms with van der Waals surface area (Å²) in [7, 11) is 0. The largest absolute Gasteiger partial charge is 0.491 e. The first kappa shape index (κ1) is 19.9. The monoisotopic (exact) mass is 415 g/mol. The summed E-state index contributed by atoms with van der Waals surface area (Å²) in [5.41, 5.74) is 1.55. The summed E-state index contributed by atoms with van der Waals surface area (Å²) in [5, 5.41) is 3.10. The van der Waals surface area contributed by atoms with Crippen molar-refractivity contribution < 1.29 is 22.3 Å². The Balaban J connectivity index is 1.63. The number of rotatable bonds is 3. The van der Waals surface area contributed by atoms with E-state index in [4.69, 9.17) is 4.74 Å². The number of alkyl halides is 3. The minimum atomic E-state index is -4.38. The number of nitrogens with zero attached hydrogens (tertiary/aromatic N) is 2. The molecular weight excluding hydrogens is 398 g/mol. The summed E-state index contributed by atoms with van der Waals surface area (Å²) in [6, 6.07) is 13.1. The smallest absolute Gasteiger partial charge is 0.416 e. The number of aliphatic imine (C=N–C) groups is 1. The standard InChI is InChI=1S/C22H17F4N3O/c23-18-2-1-9-27-19(18)13-29-21-17-12-15(5-8-20(17)30-11-10-28-21)14-3-6-16(7-4-14)22(24,25)26/h1-9,12H,10-11,13H2,(H,28,29). The molecule has 2 heterocycles. The Hall–Kier alpha value is -3.42. The second-order valence-corrected chi connectivity index (χ2v) is 6.65. The molecular formula is C22H17F4N3O. The van der Waals surface area contributed by atoms with Crippen molar-refractivity contribution in [3.8, 4) is 16.9 Å². The minimum absolute atomic E-state index is 0.134. The Kier molecular flexibility index (Phi) is 5.39. The highest BCUT2D eigenvalue weighted by molar-refractivity contribution is 6.02. The Morgan fingerprint density at radius 3 is 2.50 bits per heavy atom. The van der Waals surface area contributed by atoms with Gasteiger partial charge in [-0.1, -0.05) is 18.2 Å². The van der Waals surface area contributed by atoms with Gasteiger partial charge in [-0.3, -0.25) is 9.98 Å². The minimum Gasteiger partial charge on any atom is -0.491 e. The molecule has 1 N–H and O–H groups in total. The Morgan fingerprint density at radius 1 is 1.00 bits per heavy atom. The molecule has 0 spiro atoms. The molecule has 4 rings (SSSR count). The van der Waals surface area contributed by atoms with Crippen molar-refractivity contribution in [3.63, 3.8) is 0 Å². The molecule has 0 bridgehead atoms. The van der Waals surface area contributed by atoms with E-state index in [9.17, 15) is 17.6 Å². The normalized spacial score (nSPS) is 13.7. The molecule has 154 valence electrons. The molecule has 0 amide bonds. The highest BCUT2D eigenvalue weighted by Crippen LogP contribution is 2.32. The third-order valence-electron chi connectivity index (χ3n) is 4.66.